The molecule has 0 spiro atoms. The number of hydrogen-bond acceptors (Lipinski definition) is 3. The van der Waals surface area contributed by atoms with Crippen LogP contribution in [-0.2, 0) is 13.0 Å². The van der Waals surface area contributed by atoms with Crippen LogP contribution in [0.4, 0.5) is 0 Å². The van der Waals surface area contributed by atoms with Crippen molar-refractivity contribution in [3.8, 4) is 11.4 Å². The second-order valence-electron chi connectivity index (χ2n) is 6.15. The maximum Gasteiger partial charge on any atom is 0.119 e. The number of ether oxygens (including phenoxy) is 1. The van der Waals surface area contributed by atoms with E-state index in [1.807, 2.05) is 35.0 Å². The first kappa shape index (κ1) is 17.2. The standard InChI is InChI=1S/C21H25N3O/c1-17-19(16-24(23-17)20-10-4-3-5-11-20)9-7-13-22-15-18-8-6-12-21(14-18)25-2/h3-6,8,10-12,14,16,22H,7,9,13,15H2,1-2H3. The van der Waals surface area contributed by atoms with E-state index >= 15 is 0 Å². The minimum absolute atomic E-state index is 0.861. The van der Waals surface area contributed by atoms with Gasteiger partial charge in [-0.05, 0) is 61.7 Å². The Kier molecular flexibility index (Phi) is 5.86. The molecule has 0 saturated carbocycles. The number of methoxy groups -OCH3 is 1. The molecule has 1 N–H and O–H groups in total. The maximum absolute atomic E-state index is 5.26. The summed E-state index contributed by atoms with van der Waals surface area (Å²) in [4.78, 5) is 0. The van der Waals surface area contributed by atoms with Crippen molar-refractivity contribution in [1.82, 2.24) is 15.1 Å². The molecule has 1 aromatic heterocycles. The van der Waals surface area contributed by atoms with Crippen molar-refractivity contribution in [3.05, 3.63) is 77.6 Å². The van der Waals surface area contributed by atoms with Crippen LogP contribution in [0.5, 0.6) is 5.75 Å². The first-order valence-corrected chi connectivity index (χ1v) is 8.70. The Balaban J connectivity index is 1.47. The topological polar surface area (TPSA) is 39.1 Å². The van der Waals surface area contributed by atoms with E-state index in [0.717, 1.165) is 43.1 Å². The molecule has 1 heterocycles. The lowest BCUT2D eigenvalue weighted by Crippen LogP contribution is -2.15. The van der Waals surface area contributed by atoms with Crippen LogP contribution >= 0.6 is 0 Å². The highest BCUT2D eigenvalue weighted by molar-refractivity contribution is 5.32. The van der Waals surface area contributed by atoms with Gasteiger partial charge in [0.2, 0.25) is 0 Å². The molecule has 25 heavy (non-hydrogen) atoms. The third kappa shape index (κ3) is 4.70. The molecule has 3 aromatic rings. The second kappa shape index (κ2) is 8.49. The minimum Gasteiger partial charge on any atom is -0.497 e. The Morgan fingerprint density at radius 3 is 2.72 bits per heavy atom. The average molecular weight is 335 g/mol. The number of nitrogens with one attached hydrogen (secondary N) is 1. The fourth-order valence-corrected chi connectivity index (χ4v) is 2.87. The summed E-state index contributed by atoms with van der Waals surface area (Å²) in [7, 11) is 1.70. The van der Waals surface area contributed by atoms with Gasteiger partial charge in [-0.1, -0.05) is 30.3 Å². The van der Waals surface area contributed by atoms with Gasteiger partial charge in [-0.15, -0.1) is 0 Å². The first-order valence-electron chi connectivity index (χ1n) is 8.70. The number of para-hydroxylation sites is 1. The molecule has 0 aliphatic heterocycles. The van der Waals surface area contributed by atoms with Crippen LogP contribution in [0.1, 0.15) is 23.2 Å². The molecule has 0 fully saturated rings. The Hall–Kier alpha value is -2.59. The third-order valence-corrected chi connectivity index (χ3v) is 4.28. The second-order valence-corrected chi connectivity index (χ2v) is 6.15. The molecule has 3 rings (SSSR count). The molecule has 130 valence electrons. The van der Waals surface area contributed by atoms with Gasteiger partial charge in [0.15, 0.2) is 0 Å². The summed E-state index contributed by atoms with van der Waals surface area (Å²) < 4.78 is 7.22. The van der Waals surface area contributed by atoms with Crippen LogP contribution in [0, 0.1) is 6.92 Å². The van der Waals surface area contributed by atoms with E-state index in [2.05, 4.69) is 47.8 Å². The van der Waals surface area contributed by atoms with Crippen LogP contribution < -0.4 is 10.1 Å². The van der Waals surface area contributed by atoms with E-state index in [1.165, 1.54) is 11.1 Å². The van der Waals surface area contributed by atoms with Crippen molar-refractivity contribution in [2.45, 2.75) is 26.3 Å². The Labute approximate surface area is 149 Å². The zero-order valence-electron chi connectivity index (χ0n) is 14.9. The van der Waals surface area contributed by atoms with Crippen molar-refractivity contribution < 1.29 is 4.74 Å². The molecule has 0 atom stereocenters. The van der Waals surface area contributed by atoms with Crippen molar-refractivity contribution in [2.24, 2.45) is 0 Å². The van der Waals surface area contributed by atoms with Crippen LogP contribution in [0.2, 0.25) is 0 Å². The summed E-state index contributed by atoms with van der Waals surface area (Å²) in [5, 5.41) is 8.13. The molecule has 0 amide bonds. The Morgan fingerprint density at radius 1 is 1.08 bits per heavy atom. The van der Waals surface area contributed by atoms with Gasteiger partial charge in [0.25, 0.3) is 0 Å². The molecule has 4 heteroatoms. The van der Waals surface area contributed by atoms with Crippen molar-refractivity contribution in [2.75, 3.05) is 13.7 Å². The number of aryl methyl sites for hydroxylation is 2. The van der Waals surface area contributed by atoms with Gasteiger partial charge in [-0.25, -0.2) is 4.68 Å². The number of aromatic nitrogens is 2. The molecule has 0 aliphatic rings. The number of benzene rings is 2. The monoisotopic (exact) mass is 335 g/mol. The van der Waals surface area contributed by atoms with Gasteiger partial charge in [-0.2, -0.15) is 5.10 Å². The summed E-state index contributed by atoms with van der Waals surface area (Å²) in [6, 6.07) is 18.4. The van der Waals surface area contributed by atoms with Crippen LogP contribution in [0.25, 0.3) is 5.69 Å². The molecule has 0 aliphatic carbocycles. The fraction of sp³-hybridized carbons (Fsp3) is 0.286. The summed E-state index contributed by atoms with van der Waals surface area (Å²) in [5.41, 5.74) is 4.77. The van der Waals surface area contributed by atoms with Gasteiger partial charge in [0.05, 0.1) is 18.5 Å². The lowest BCUT2D eigenvalue weighted by molar-refractivity contribution is 0.414. The molecule has 0 radical (unpaired) electrons. The smallest absolute Gasteiger partial charge is 0.119 e. The maximum atomic E-state index is 5.26. The van der Waals surface area contributed by atoms with Crippen molar-refractivity contribution in [1.29, 1.82) is 0 Å². The highest BCUT2D eigenvalue weighted by Crippen LogP contribution is 2.14. The Morgan fingerprint density at radius 2 is 1.92 bits per heavy atom. The zero-order valence-corrected chi connectivity index (χ0v) is 14.9. The predicted molar refractivity (Wildman–Crippen MR) is 101 cm³/mol. The van der Waals surface area contributed by atoms with Gasteiger partial charge in [-0.3, -0.25) is 0 Å². The zero-order chi connectivity index (χ0) is 17.5. The predicted octanol–water partition coefficient (Wildman–Crippen LogP) is 3.91. The Bertz CT molecular complexity index is 796. The van der Waals surface area contributed by atoms with E-state index in [9.17, 15) is 0 Å². The molecular formula is C21H25N3O. The summed E-state index contributed by atoms with van der Waals surface area (Å²) in [6.07, 6.45) is 4.27. The number of hydrogen-bond donors (Lipinski definition) is 1. The molecule has 0 saturated heterocycles. The largest absolute Gasteiger partial charge is 0.497 e. The molecule has 0 unspecified atom stereocenters. The summed E-state index contributed by atoms with van der Waals surface area (Å²) in [6.45, 7) is 3.92. The van der Waals surface area contributed by atoms with Gasteiger partial charge >= 0.3 is 0 Å². The third-order valence-electron chi connectivity index (χ3n) is 4.28. The number of nitrogens with zero attached hydrogens (tertiary/aromatic N) is 2. The highest BCUT2D eigenvalue weighted by atomic mass is 16.5. The van der Waals surface area contributed by atoms with Crippen LogP contribution in [0.3, 0.4) is 0 Å². The van der Waals surface area contributed by atoms with Crippen LogP contribution in [-0.4, -0.2) is 23.4 Å². The molecule has 2 aromatic carbocycles. The van der Waals surface area contributed by atoms with E-state index < -0.39 is 0 Å². The number of rotatable bonds is 8. The van der Waals surface area contributed by atoms with E-state index in [0.29, 0.717) is 0 Å². The minimum atomic E-state index is 0.861. The lowest BCUT2D eigenvalue weighted by atomic mass is 10.1. The molecule has 4 nitrogen and oxygen atoms in total. The van der Waals surface area contributed by atoms with E-state index in [1.54, 1.807) is 7.11 Å². The average Bonchev–Trinajstić information content (AvgIpc) is 3.03. The SMILES string of the molecule is COc1cccc(CNCCCc2cn(-c3ccccc3)nc2C)c1. The molecular weight excluding hydrogens is 310 g/mol. The lowest BCUT2D eigenvalue weighted by Gasteiger charge is -2.06. The van der Waals surface area contributed by atoms with Gasteiger partial charge in [0, 0.05) is 12.7 Å². The van der Waals surface area contributed by atoms with Crippen molar-refractivity contribution >= 4 is 0 Å². The summed E-state index contributed by atoms with van der Waals surface area (Å²) in [5.74, 6) is 0.906. The van der Waals surface area contributed by atoms with Gasteiger partial charge in [0.1, 0.15) is 5.75 Å². The normalized spacial score (nSPS) is 10.8. The van der Waals surface area contributed by atoms with E-state index in [-0.39, 0.29) is 0 Å². The molecule has 0 bridgehead atoms. The quantitative estimate of drug-likeness (QED) is 0.634. The van der Waals surface area contributed by atoms with Crippen LogP contribution in [0.15, 0.2) is 60.8 Å². The van der Waals surface area contributed by atoms with Crippen molar-refractivity contribution in [3.63, 3.8) is 0 Å². The van der Waals surface area contributed by atoms with Gasteiger partial charge < -0.3 is 10.1 Å². The summed E-state index contributed by atoms with van der Waals surface area (Å²) >= 11 is 0. The highest BCUT2D eigenvalue weighted by Gasteiger charge is 2.06. The first-order chi connectivity index (χ1) is 12.3. The fourth-order valence-electron chi connectivity index (χ4n) is 2.87. The van der Waals surface area contributed by atoms with E-state index in [4.69, 9.17) is 4.74 Å².